The molecule has 0 aliphatic heterocycles. The van der Waals surface area contributed by atoms with E-state index in [1.54, 1.807) is 5.92 Å². The predicted molar refractivity (Wildman–Crippen MR) is 39.7 cm³/mol. The molecule has 0 atom stereocenters. The van der Waals surface area contributed by atoms with Gasteiger partial charge in [0.1, 0.15) is 0 Å². The van der Waals surface area contributed by atoms with Crippen molar-refractivity contribution in [2.24, 2.45) is 5.41 Å². The zero-order valence-corrected chi connectivity index (χ0v) is 6.20. The summed E-state index contributed by atoms with van der Waals surface area (Å²) in [5.74, 6) is 4.37. The Kier molecular flexibility index (Phi) is 1.53. The Balaban J connectivity index is 2.50. The molecule has 49 valence electrons. The van der Waals surface area contributed by atoms with E-state index in [0.717, 1.165) is 0 Å². The Morgan fingerprint density at radius 2 is 2.00 bits per heavy atom. The van der Waals surface area contributed by atoms with Crippen LogP contribution in [0.25, 0.3) is 0 Å². The highest BCUT2D eigenvalue weighted by Crippen LogP contribution is 2.42. The molecule has 1 rings (SSSR count). The van der Waals surface area contributed by atoms with Crippen LogP contribution in [0.5, 0.6) is 0 Å². The topological polar surface area (TPSA) is 0 Å². The molecule has 0 aromatic carbocycles. The fraction of sp³-hybridized carbons (Fsp3) is 0.667. The van der Waals surface area contributed by atoms with E-state index < -0.39 is 0 Å². The first-order valence-corrected chi connectivity index (χ1v) is 3.50. The van der Waals surface area contributed by atoms with E-state index in [4.69, 9.17) is 6.42 Å². The molecule has 0 nitrogen and oxygen atoms in total. The summed E-state index contributed by atoms with van der Waals surface area (Å²) >= 11 is 0. The number of hydrogen-bond acceptors (Lipinski definition) is 0. The lowest BCUT2D eigenvalue weighted by molar-refractivity contribution is 0.371. The Hall–Kier alpha value is -0.440. The maximum Gasteiger partial charge on any atom is 0.0317 e. The van der Waals surface area contributed by atoms with Crippen molar-refractivity contribution in [2.45, 2.75) is 33.1 Å². The van der Waals surface area contributed by atoms with Gasteiger partial charge in [-0.1, -0.05) is 12.3 Å². The van der Waals surface area contributed by atoms with Gasteiger partial charge in [-0.2, -0.15) is 0 Å². The fourth-order valence-electron chi connectivity index (χ4n) is 1.08. The average molecular weight is 121 g/mol. The zero-order valence-electron chi connectivity index (χ0n) is 6.20. The van der Waals surface area contributed by atoms with Gasteiger partial charge in [-0.3, -0.25) is 0 Å². The molecule has 0 aromatic rings. The van der Waals surface area contributed by atoms with Crippen molar-refractivity contribution >= 4 is 0 Å². The molecule has 9 heavy (non-hydrogen) atoms. The Bertz CT molecular complexity index is 133. The number of hydrogen-bond donors (Lipinski definition) is 0. The molecule has 0 unspecified atom stereocenters. The standard InChI is InChI=1S/C9H13/c1-4-9(2,3)8-6-5-7-8/h1H,5-7H2,2-3H3. The van der Waals surface area contributed by atoms with Crippen LogP contribution in [0, 0.1) is 23.7 Å². The average Bonchev–Trinajstić information content (AvgIpc) is 1.60. The van der Waals surface area contributed by atoms with E-state index in [2.05, 4.69) is 19.8 Å². The van der Waals surface area contributed by atoms with Crippen LogP contribution >= 0.6 is 0 Å². The van der Waals surface area contributed by atoms with Gasteiger partial charge in [0.15, 0.2) is 0 Å². The minimum Gasteiger partial charge on any atom is -0.120 e. The van der Waals surface area contributed by atoms with Gasteiger partial charge in [-0.15, -0.1) is 6.42 Å². The van der Waals surface area contributed by atoms with Gasteiger partial charge >= 0.3 is 0 Å². The molecule has 0 heteroatoms. The van der Waals surface area contributed by atoms with Crippen molar-refractivity contribution in [1.29, 1.82) is 0 Å². The van der Waals surface area contributed by atoms with Crippen molar-refractivity contribution in [3.63, 3.8) is 0 Å². The van der Waals surface area contributed by atoms with E-state index in [9.17, 15) is 0 Å². The second-order valence-corrected chi connectivity index (χ2v) is 3.23. The van der Waals surface area contributed by atoms with E-state index >= 15 is 0 Å². The summed E-state index contributed by atoms with van der Waals surface area (Å²) in [6.45, 7) is 4.25. The Morgan fingerprint density at radius 1 is 1.44 bits per heavy atom. The molecule has 0 saturated heterocycles. The van der Waals surface area contributed by atoms with Gasteiger partial charge < -0.3 is 0 Å². The van der Waals surface area contributed by atoms with Gasteiger partial charge in [0.2, 0.25) is 0 Å². The second kappa shape index (κ2) is 2.06. The molecular weight excluding hydrogens is 108 g/mol. The first kappa shape index (κ1) is 6.68. The smallest absolute Gasteiger partial charge is 0.0317 e. The van der Waals surface area contributed by atoms with Crippen LogP contribution in [0.1, 0.15) is 33.1 Å². The quantitative estimate of drug-likeness (QED) is 0.467. The summed E-state index contributed by atoms with van der Waals surface area (Å²) in [6.07, 6.45) is 9.22. The third kappa shape index (κ3) is 1.10. The van der Waals surface area contributed by atoms with Crippen molar-refractivity contribution in [3.05, 3.63) is 5.92 Å². The second-order valence-electron chi connectivity index (χ2n) is 3.23. The number of terminal acetylenes is 1. The molecular formula is C9H13. The van der Waals surface area contributed by atoms with Crippen LogP contribution in [0.3, 0.4) is 0 Å². The Labute approximate surface area is 57.7 Å². The van der Waals surface area contributed by atoms with Crippen LogP contribution in [0.4, 0.5) is 0 Å². The van der Waals surface area contributed by atoms with Gasteiger partial charge in [0.05, 0.1) is 0 Å². The summed E-state index contributed by atoms with van der Waals surface area (Å²) < 4.78 is 0. The highest BCUT2D eigenvalue weighted by molar-refractivity contribution is 5.20. The Morgan fingerprint density at radius 3 is 2.11 bits per heavy atom. The maximum absolute atomic E-state index is 5.35. The highest BCUT2D eigenvalue weighted by Gasteiger charge is 2.32. The van der Waals surface area contributed by atoms with Crippen LogP contribution < -0.4 is 0 Å². The number of rotatable bonds is 1. The summed E-state index contributed by atoms with van der Waals surface area (Å²) in [6, 6.07) is 0. The molecule has 1 aliphatic carbocycles. The summed E-state index contributed by atoms with van der Waals surface area (Å²) in [5.41, 5.74) is 0.0816. The third-order valence-corrected chi connectivity index (χ3v) is 2.20. The van der Waals surface area contributed by atoms with E-state index in [1.165, 1.54) is 19.3 Å². The fourth-order valence-corrected chi connectivity index (χ4v) is 1.08. The van der Waals surface area contributed by atoms with Crippen LogP contribution in [-0.4, -0.2) is 0 Å². The normalized spacial score (nSPS) is 20.6. The molecule has 0 amide bonds. The monoisotopic (exact) mass is 121 g/mol. The summed E-state index contributed by atoms with van der Waals surface area (Å²) in [7, 11) is 0. The maximum atomic E-state index is 5.35. The molecule has 0 heterocycles. The van der Waals surface area contributed by atoms with Gasteiger partial charge in [-0.05, 0) is 32.6 Å². The lowest BCUT2D eigenvalue weighted by Gasteiger charge is -2.35. The van der Waals surface area contributed by atoms with Gasteiger partial charge in [-0.25, -0.2) is 0 Å². The van der Waals surface area contributed by atoms with Gasteiger partial charge in [0, 0.05) is 5.41 Å². The van der Waals surface area contributed by atoms with Crippen LogP contribution in [0.2, 0.25) is 0 Å². The lowest BCUT2D eigenvalue weighted by Crippen LogP contribution is -2.25. The van der Waals surface area contributed by atoms with E-state index in [1.807, 2.05) is 0 Å². The minimum atomic E-state index is 0.0816. The molecule has 1 fully saturated rings. The zero-order chi connectivity index (χ0) is 6.91. The van der Waals surface area contributed by atoms with Crippen molar-refractivity contribution in [3.8, 4) is 12.3 Å². The van der Waals surface area contributed by atoms with Gasteiger partial charge in [0.25, 0.3) is 0 Å². The molecule has 0 bridgehead atoms. The van der Waals surface area contributed by atoms with E-state index in [0.29, 0.717) is 0 Å². The highest BCUT2D eigenvalue weighted by atomic mass is 14.3. The molecule has 1 saturated carbocycles. The largest absolute Gasteiger partial charge is 0.120 e. The lowest BCUT2D eigenvalue weighted by atomic mass is 9.68. The van der Waals surface area contributed by atoms with E-state index in [-0.39, 0.29) is 5.41 Å². The molecule has 1 aliphatic rings. The summed E-state index contributed by atoms with van der Waals surface area (Å²) in [5, 5.41) is 0. The first-order chi connectivity index (χ1) is 4.17. The molecule has 0 spiro atoms. The summed E-state index contributed by atoms with van der Waals surface area (Å²) in [4.78, 5) is 0. The molecule has 1 radical (unpaired) electrons. The first-order valence-electron chi connectivity index (χ1n) is 3.50. The minimum absolute atomic E-state index is 0.0816. The van der Waals surface area contributed by atoms with Crippen molar-refractivity contribution < 1.29 is 0 Å². The third-order valence-electron chi connectivity index (χ3n) is 2.20. The van der Waals surface area contributed by atoms with Crippen molar-refractivity contribution in [2.75, 3.05) is 0 Å². The van der Waals surface area contributed by atoms with Crippen LogP contribution in [0.15, 0.2) is 0 Å². The predicted octanol–water partition coefficient (Wildman–Crippen LogP) is 2.40. The van der Waals surface area contributed by atoms with Crippen molar-refractivity contribution in [1.82, 2.24) is 0 Å². The SMILES string of the molecule is C#CC(C)(C)[C]1CCC1. The van der Waals surface area contributed by atoms with Crippen LogP contribution in [-0.2, 0) is 0 Å². The molecule has 0 N–H and O–H groups in total. The molecule has 0 aromatic heterocycles.